The molecule has 1 aromatic rings. The Kier molecular flexibility index (Phi) is 4.29. The maximum atomic E-state index is 5.91. The van der Waals surface area contributed by atoms with Gasteiger partial charge in [0, 0.05) is 11.6 Å². The molecule has 0 aliphatic rings. The third-order valence-corrected chi connectivity index (χ3v) is 2.46. The number of halogens is 2. The van der Waals surface area contributed by atoms with Gasteiger partial charge in [0.15, 0.2) is 5.75 Å². The molecule has 1 aromatic carbocycles. The number of anilines is 1. The first-order valence-corrected chi connectivity index (χ1v) is 5.24. The molecule has 0 saturated heterocycles. The van der Waals surface area contributed by atoms with E-state index in [0.717, 1.165) is 15.9 Å². The van der Waals surface area contributed by atoms with Crippen LogP contribution in [0.3, 0.4) is 0 Å². The highest BCUT2D eigenvalue weighted by molar-refractivity contribution is 9.10. The molecule has 0 aliphatic carbocycles. The molecule has 1 N–H and O–H groups in total. The SMILES string of the molecule is C=CCNc1cc(Cl)cc(Br)c1OC. The summed E-state index contributed by atoms with van der Waals surface area (Å²) in [5.41, 5.74) is 0.853. The van der Waals surface area contributed by atoms with Crippen molar-refractivity contribution in [2.24, 2.45) is 0 Å². The van der Waals surface area contributed by atoms with Crippen molar-refractivity contribution in [1.29, 1.82) is 0 Å². The van der Waals surface area contributed by atoms with Crippen LogP contribution in [0.4, 0.5) is 5.69 Å². The molecule has 0 atom stereocenters. The molecular weight excluding hydrogens is 265 g/mol. The van der Waals surface area contributed by atoms with Gasteiger partial charge in [0.25, 0.3) is 0 Å². The van der Waals surface area contributed by atoms with Crippen LogP contribution in [0.15, 0.2) is 29.3 Å². The lowest BCUT2D eigenvalue weighted by Crippen LogP contribution is -2.00. The van der Waals surface area contributed by atoms with E-state index in [1.165, 1.54) is 0 Å². The highest BCUT2D eigenvalue weighted by atomic mass is 79.9. The quantitative estimate of drug-likeness (QED) is 0.847. The van der Waals surface area contributed by atoms with Crippen LogP contribution in [0.2, 0.25) is 5.02 Å². The molecule has 0 fully saturated rings. The molecule has 0 heterocycles. The summed E-state index contributed by atoms with van der Waals surface area (Å²) in [5.74, 6) is 0.747. The number of rotatable bonds is 4. The first kappa shape index (κ1) is 11.4. The largest absolute Gasteiger partial charge is 0.493 e. The summed E-state index contributed by atoms with van der Waals surface area (Å²) in [7, 11) is 1.62. The molecule has 76 valence electrons. The van der Waals surface area contributed by atoms with Gasteiger partial charge in [0.1, 0.15) is 0 Å². The highest BCUT2D eigenvalue weighted by Crippen LogP contribution is 2.36. The molecule has 2 nitrogen and oxygen atoms in total. The fraction of sp³-hybridized carbons (Fsp3) is 0.200. The lowest BCUT2D eigenvalue weighted by molar-refractivity contribution is 0.414. The maximum Gasteiger partial charge on any atom is 0.156 e. The summed E-state index contributed by atoms with van der Waals surface area (Å²) in [6.45, 7) is 4.30. The normalized spacial score (nSPS) is 9.64. The molecule has 0 aromatic heterocycles. The number of ether oxygens (including phenoxy) is 1. The first-order valence-electron chi connectivity index (χ1n) is 4.07. The molecule has 0 saturated carbocycles. The second-order valence-electron chi connectivity index (χ2n) is 2.64. The van der Waals surface area contributed by atoms with Crippen molar-refractivity contribution in [1.82, 2.24) is 0 Å². The van der Waals surface area contributed by atoms with Gasteiger partial charge < -0.3 is 10.1 Å². The molecule has 0 amide bonds. The van der Waals surface area contributed by atoms with E-state index in [2.05, 4.69) is 27.8 Å². The van der Waals surface area contributed by atoms with E-state index in [1.807, 2.05) is 6.07 Å². The van der Waals surface area contributed by atoms with Crippen molar-refractivity contribution in [3.8, 4) is 5.75 Å². The van der Waals surface area contributed by atoms with Gasteiger partial charge in [-0.1, -0.05) is 17.7 Å². The van der Waals surface area contributed by atoms with E-state index >= 15 is 0 Å². The Bertz CT molecular complexity index is 341. The van der Waals surface area contributed by atoms with E-state index in [-0.39, 0.29) is 0 Å². The van der Waals surface area contributed by atoms with Gasteiger partial charge in [-0.3, -0.25) is 0 Å². The second-order valence-corrected chi connectivity index (χ2v) is 3.93. The molecule has 4 heteroatoms. The zero-order valence-electron chi connectivity index (χ0n) is 7.81. The van der Waals surface area contributed by atoms with Gasteiger partial charge in [0.2, 0.25) is 0 Å². The molecule has 1 rings (SSSR count). The molecule has 0 unspecified atom stereocenters. The van der Waals surface area contributed by atoms with E-state index in [1.54, 1.807) is 19.3 Å². The maximum absolute atomic E-state index is 5.91. The molecule has 0 aliphatic heterocycles. The minimum absolute atomic E-state index is 0.657. The van der Waals surface area contributed by atoms with Gasteiger partial charge in [0.05, 0.1) is 17.3 Å². The van der Waals surface area contributed by atoms with Gasteiger partial charge in [-0.25, -0.2) is 0 Å². The third-order valence-electron chi connectivity index (χ3n) is 1.65. The smallest absolute Gasteiger partial charge is 0.156 e. The second kappa shape index (κ2) is 5.27. The predicted molar refractivity (Wildman–Crippen MR) is 64.4 cm³/mol. The van der Waals surface area contributed by atoms with Crippen LogP contribution in [-0.4, -0.2) is 13.7 Å². The minimum Gasteiger partial charge on any atom is -0.493 e. The van der Waals surface area contributed by atoms with Crippen molar-refractivity contribution in [3.63, 3.8) is 0 Å². The minimum atomic E-state index is 0.657. The van der Waals surface area contributed by atoms with E-state index in [9.17, 15) is 0 Å². The van der Waals surface area contributed by atoms with E-state index in [0.29, 0.717) is 11.6 Å². The molecule has 14 heavy (non-hydrogen) atoms. The average Bonchev–Trinajstić information content (AvgIpc) is 2.14. The Morgan fingerprint density at radius 2 is 2.36 bits per heavy atom. The Hall–Kier alpha value is -0.670. The molecule has 0 bridgehead atoms. The van der Waals surface area contributed by atoms with Crippen LogP contribution in [-0.2, 0) is 0 Å². The summed E-state index contributed by atoms with van der Waals surface area (Å²) in [5, 5.41) is 3.79. The number of hydrogen-bond donors (Lipinski definition) is 1. The number of methoxy groups -OCH3 is 1. The van der Waals surface area contributed by atoms with Crippen LogP contribution in [0, 0.1) is 0 Å². The standard InChI is InChI=1S/C10H11BrClNO/c1-3-4-13-9-6-7(12)5-8(11)10(9)14-2/h3,5-6,13H,1,4H2,2H3. The molecule has 0 radical (unpaired) electrons. The number of benzene rings is 1. The zero-order chi connectivity index (χ0) is 10.6. The lowest BCUT2D eigenvalue weighted by Gasteiger charge is -2.11. The van der Waals surface area contributed by atoms with Crippen molar-refractivity contribution in [2.75, 3.05) is 19.0 Å². The van der Waals surface area contributed by atoms with E-state index in [4.69, 9.17) is 16.3 Å². The Labute approximate surface area is 97.0 Å². The fourth-order valence-corrected chi connectivity index (χ4v) is 2.05. The predicted octanol–water partition coefficient (Wildman–Crippen LogP) is 3.71. The zero-order valence-corrected chi connectivity index (χ0v) is 10.2. The Balaban J connectivity index is 3.04. The summed E-state index contributed by atoms with van der Waals surface area (Å²) >= 11 is 9.28. The third kappa shape index (κ3) is 2.66. The van der Waals surface area contributed by atoms with Crippen molar-refractivity contribution in [3.05, 3.63) is 34.3 Å². The Morgan fingerprint density at radius 1 is 1.64 bits per heavy atom. The van der Waals surface area contributed by atoms with Gasteiger partial charge in [-0.15, -0.1) is 6.58 Å². The van der Waals surface area contributed by atoms with Crippen molar-refractivity contribution < 1.29 is 4.74 Å². The number of hydrogen-bond acceptors (Lipinski definition) is 2. The van der Waals surface area contributed by atoms with Crippen LogP contribution >= 0.6 is 27.5 Å². The first-order chi connectivity index (χ1) is 6.69. The van der Waals surface area contributed by atoms with Gasteiger partial charge in [-0.2, -0.15) is 0 Å². The summed E-state index contributed by atoms with van der Waals surface area (Å²) in [6.07, 6.45) is 1.77. The highest BCUT2D eigenvalue weighted by Gasteiger charge is 2.07. The van der Waals surface area contributed by atoms with Gasteiger partial charge >= 0.3 is 0 Å². The van der Waals surface area contributed by atoms with Crippen molar-refractivity contribution >= 4 is 33.2 Å². The number of nitrogens with one attached hydrogen (secondary N) is 1. The molecule has 0 spiro atoms. The topological polar surface area (TPSA) is 21.3 Å². The van der Waals surface area contributed by atoms with Gasteiger partial charge in [-0.05, 0) is 28.1 Å². The molecular formula is C10H11BrClNO. The summed E-state index contributed by atoms with van der Waals surface area (Å²) < 4.78 is 6.06. The van der Waals surface area contributed by atoms with Crippen LogP contribution < -0.4 is 10.1 Å². The summed E-state index contributed by atoms with van der Waals surface area (Å²) in [6, 6.07) is 3.61. The average molecular weight is 277 g/mol. The fourth-order valence-electron chi connectivity index (χ4n) is 1.08. The lowest BCUT2D eigenvalue weighted by atomic mass is 10.3. The van der Waals surface area contributed by atoms with E-state index < -0.39 is 0 Å². The van der Waals surface area contributed by atoms with Crippen LogP contribution in [0.25, 0.3) is 0 Å². The monoisotopic (exact) mass is 275 g/mol. The summed E-state index contributed by atoms with van der Waals surface area (Å²) in [4.78, 5) is 0. The Morgan fingerprint density at radius 3 is 2.93 bits per heavy atom. The van der Waals surface area contributed by atoms with Crippen LogP contribution in [0.1, 0.15) is 0 Å². The van der Waals surface area contributed by atoms with Crippen molar-refractivity contribution in [2.45, 2.75) is 0 Å². The van der Waals surface area contributed by atoms with Crippen LogP contribution in [0.5, 0.6) is 5.75 Å².